The van der Waals surface area contributed by atoms with Crippen molar-refractivity contribution in [1.82, 2.24) is 14.9 Å². The second kappa shape index (κ2) is 5.12. The molecule has 0 spiro atoms. The standard InChI is InChI=1S/C11H20N4O/c1-5-13-10(11(12)16)8(3)15-6-7(2)14-9(15)4/h6,8,10,13H,5H2,1-4H3,(H2,12,16). The van der Waals surface area contributed by atoms with Gasteiger partial charge in [0.1, 0.15) is 11.9 Å². The smallest absolute Gasteiger partial charge is 0.236 e. The van der Waals surface area contributed by atoms with E-state index in [0.29, 0.717) is 6.54 Å². The molecule has 1 heterocycles. The highest BCUT2D eigenvalue weighted by molar-refractivity contribution is 5.80. The molecule has 0 radical (unpaired) electrons. The van der Waals surface area contributed by atoms with Crippen molar-refractivity contribution in [3.05, 3.63) is 17.7 Å². The van der Waals surface area contributed by atoms with Crippen molar-refractivity contribution in [1.29, 1.82) is 0 Å². The lowest BCUT2D eigenvalue weighted by atomic mass is 10.1. The summed E-state index contributed by atoms with van der Waals surface area (Å²) in [6.45, 7) is 8.49. The molecular weight excluding hydrogens is 204 g/mol. The minimum Gasteiger partial charge on any atom is -0.368 e. The fraction of sp³-hybridized carbons (Fsp3) is 0.636. The van der Waals surface area contributed by atoms with E-state index in [1.807, 2.05) is 38.5 Å². The third-order valence-corrected chi connectivity index (χ3v) is 2.69. The van der Waals surface area contributed by atoms with Gasteiger partial charge < -0.3 is 15.6 Å². The van der Waals surface area contributed by atoms with Crippen LogP contribution in [0.5, 0.6) is 0 Å². The molecule has 0 aromatic carbocycles. The molecule has 2 atom stereocenters. The molecule has 1 rings (SSSR count). The first-order valence-electron chi connectivity index (χ1n) is 5.52. The Morgan fingerprint density at radius 1 is 1.62 bits per heavy atom. The van der Waals surface area contributed by atoms with E-state index < -0.39 is 0 Å². The average molecular weight is 224 g/mol. The van der Waals surface area contributed by atoms with Crippen LogP contribution in [-0.4, -0.2) is 28.0 Å². The Morgan fingerprint density at radius 3 is 2.62 bits per heavy atom. The molecule has 0 aliphatic rings. The minimum atomic E-state index is -0.364. The molecule has 0 saturated heterocycles. The molecule has 0 saturated carbocycles. The van der Waals surface area contributed by atoms with E-state index in [0.717, 1.165) is 11.5 Å². The first-order chi connectivity index (χ1) is 7.47. The SMILES string of the molecule is CCNC(C(N)=O)C(C)n1cc(C)nc1C. The first kappa shape index (κ1) is 12.7. The summed E-state index contributed by atoms with van der Waals surface area (Å²) in [6.07, 6.45) is 1.94. The Labute approximate surface area is 96.0 Å². The van der Waals surface area contributed by atoms with E-state index >= 15 is 0 Å². The average Bonchev–Trinajstić information content (AvgIpc) is 2.53. The number of imidazole rings is 1. The number of hydrogen-bond donors (Lipinski definition) is 2. The number of primary amides is 1. The van der Waals surface area contributed by atoms with Gasteiger partial charge in [-0.1, -0.05) is 6.92 Å². The number of likely N-dealkylation sites (N-methyl/N-ethyl adjacent to an activating group) is 1. The van der Waals surface area contributed by atoms with Crippen LogP contribution in [0.15, 0.2) is 6.20 Å². The van der Waals surface area contributed by atoms with Gasteiger partial charge in [0.05, 0.1) is 11.7 Å². The molecule has 16 heavy (non-hydrogen) atoms. The van der Waals surface area contributed by atoms with Gasteiger partial charge in [-0.05, 0) is 27.3 Å². The Balaban J connectivity index is 2.93. The Bertz CT molecular complexity index is 372. The van der Waals surface area contributed by atoms with E-state index in [9.17, 15) is 4.79 Å². The van der Waals surface area contributed by atoms with Gasteiger partial charge in [-0.15, -0.1) is 0 Å². The van der Waals surface area contributed by atoms with Gasteiger partial charge >= 0.3 is 0 Å². The topological polar surface area (TPSA) is 72.9 Å². The summed E-state index contributed by atoms with van der Waals surface area (Å²) in [7, 11) is 0. The summed E-state index contributed by atoms with van der Waals surface area (Å²) in [5.74, 6) is 0.564. The molecule has 0 aliphatic carbocycles. The molecule has 0 fully saturated rings. The van der Waals surface area contributed by atoms with Gasteiger partial charge in [-0.3, -0.25) is 4.79 Å². The quantitative estimate of drug-likeness (QED) is 0.766. The number of rotatable bonds is 5. The lowest BCUT2D eigenvalue weighted by Gasteiger charge is -2.23. The summed E-state index contributed by atoms with van der Waals surface area (Å²) in [5, 5.41) is 3.09. The van der Waals surface area contributed by atoms with Gasteiger partial charge in [0, 0.05) is 6.20 Å². The van der Waals surface area contributed by atoms with Crippen LogP contribution >= 0.6 is 0 Å². The zero-order valence-corrected chi connectivity index (χ0v) is 10.3. The Morgan fingerprint density at radius 2 is 2.25 bits per heavy atom. The number of nitrogens with one attached hydrogen (secondary N) is 1. The summed E-state index contributed by atoms with van der Waals surface area (Å²) in [4.78, 5) is 15.7. The third-order valence-electron chi connectivity index (χ3n) is 2.69. The van der Waals surface area contributed by atoms with Crippen LogP contribution in [0.4, 0.5) is 0 Å². The fourth-order valence-corrected chi connectivity index (χ4v) is 1.94. The summed E-state index contributed by atoms with van der Waals surface area (Å²) >= 11 is 0. The highest BCUT2D eigenvalue weighted by Gasteiger charge is 2.24. The second-order valence-corrected chi connectivity index (χ2v) is 4.02. The highest BCUT2D eigenvalue weighted by atomic mass is 16.1. The number of hydrogen-bond acceptors (Lipinski definition) is 3. The van der Waals surface area contributed by atoms with Crippen molar-refractivity contribution in [3.8, 4) is 0 Å². The number of aryl methyl sites for hydroxylation is 2. The van der Waals surface area contributed by atoms with Crippen LogP contribution in [-0.2, 0) is 4.79 Å². The minimum absolute atomic E-state index is 0.0290. The van der Waals surface area contributed by atoms with Crippen LogP contribution in [0, 0.1) is 13.8 Å². The molecule has 5 nitrogen and oxygen atoms in total. The Kier molecular flexibility index (Phi) is 4.06. The van der Waals surface area contributed by atoms with Gasteiger partial charge in [0.2, 0.25) is 5.91 Å². The Hall–Kier alpha value is -1.36. The lowest BCUT2D eigenvalue weighted by Crippen LogP contribution is -2.46. The summed E-state index contributed by atoms with van der Waals surface area (Å²) < 4.78 is 1.98. The normalized spacial score (nSPS) is 14.8. The summed E-state index contributed by atoms with van der Waals surface area (Å²) in [5.41, 5.74) is 6.33. The number of nitrogens with zero attached hydrogens (tertiary/aromatic N) is 2. The number of carbonyl (C=O) groups is 1. The van der Waals surface area contributed by atoms with E-state index in [2.05, 4.69) is 10.3 Å². The maximum Gasteiger partial charge on any atom is 0.236 e. The first-order valence-corrected chi connectivity index (χ1v) is 5.52. The lowest BCUT2D eigenvalue weighted by molar-refractivity contribution is -0.120. The fourth-order valence-electron chi connectivity index (χ4n) is 1.94. The molecule has 2 unspecified atom stereocenters. The van der Waals surface area contributed by atoms with Gasteiger partial charge in [0.25, 0.3) is 0 Å². The van der Waals surface area contributed by atoms with E-state index in [1.165, 1.54) is 0 Å². The van der Waals surface area contributed by atoms with Crippen molar-refractivity contribution in [2.75, 3.05) is 6.54 Å². The predicted molar refractivity (Wildman–Crippen MR) is 63.1 cm³/mol. The zero-order chi connectivity index (χ0) is 12.3. The maximum absolute atomic E-state index is 11.3. The van der Waals surface area contributed by atoms with Crippen LogP contribution in [0.1, 0.15) is 31.4 Å². The molecule has 90 valence electrons. The van der Waals surface area contributed by atoms with Crippen molar-refractivity contribution in [3.63, 3.8) is 0 Å². The number of carbonyl (C=O) groups excluding carboxylic acids is 1. The monoisotopic (exact) mass is 224 g/mol. The van der Waals surface area contributed by atoms with Crippen LogP contribution < -0.4 is 11.1 Å². The predicted octanol–water partition coefficient (Wildman–Crippen LogP) is 0.524. The molecule has 3 N–H and O–H groups in total. The van der Waals surface area contributed by atoms with Crippen molar-refractivity contribution in [2.24, 2.45) is 5.73 Å². The molecular formula is C11H20N4O. The van der Waals surface area contributed by atoms with Gasteiger partial charge in [0.15, 0.2) is 0 Å². The second-order valence-electron chi connectivity index (χ2n) is 4.02. The number of aromatic nitrogens is 2. The number of amides is 1. The van der Waals surface area contributed by atoms with Crippen molar-refractivity contribution in [2.45, 2.75) is 39.8 Å². The van der Waals surface area contributed by atoms with E-state index in [-0.39, 0.29) is 18.0 Å². The van der Waals surface area contributed by atoms with Crippen LogP contribution in [0.3, 0.4) is 0 Å². The molecule has 1 aromatic rings. The maximum atomic E-state index is 11.3. The number of nitrogens with two attached hydrogens (primary N) is 1. The zero-order valence-electron chi connectivity index (χ0n) is 10.3. The van der Waals surface area contributed by atoms with Crippen molar-refractivity contribution < 1.29 is 4.79 Å². The van der Waals surface area contributed by atoms with E-state index in [1.54, 1.807) is 0 Å². The molecule has 0 aliphatic heterocycles. The van der Waals surface area contributed by atoms with Crippen LogP contribution in [0.2, 0.25) is 0 Å². The van der Waals surface area contributed by atoms with E-state index in [4.69, 9.17) is 5.73 Å². The van der Waals surface area contributed by atoms with Crippen LogP contribution in [0.25, 0.3) is 0 Å². The summed E-state index contributed by atoms with van der Waals surface area (Å²) in [6, 6.07) is -0.393. The third kappa shape index (κ3) is 2.61. The molecule has 1 aromatic heterocycles. The molecule has 0 bridgehead atoms. The molecule has 1 amide bonds. The van der Waals surface area contributed by atoms with Gasteiger partial charge in [-0.25, -0.2) is 4.98 Å². The van der Waals surface area contributed by atoms with Crippen molar-refractivity contribution >= 4 is 5.91 Å². The largest absolute Gasteiger partial charge is 0.368 e. The molecule has 5 heteroatoms. The highest BCUT2D eigenvalue weighted by Crippen LogP contribution is 2.14. The van der Waals surface area contributed by atoms with Gasteiger partial charge in [-0.2, -0.15) is 0 Å².